The Bertz CT molecular complexity index is 466. The van der Waals surface area contributed by atoms with Gasteiger partial charge in [-0.3, -0.25) is 0 Å². The Labute approximate surface area is 129 Å². The van der Waals surface area contributed by atoms with E-state index in [1.54, 1.807) is 0 Å². The molecule has 3 rings (SSSR count). The van der Waals surface area contributed by atoms with E-state index in [9.17, 15) is 0 Å². The molecule has 0 aliphatic heterocycles. The summed E-state index contributed by atoms with van der Waals surface area (Å²) in [4.78, 5) is 0. The van der Waals surface area contributed by atoms with E-state index in [0.717, 1.165) is 18.0 Å². The van der Waals surface area contributed by atoms with E-state index in [1.165, 1.54) is 56.1 Å². The van der Waals surface area contributed by atoms with Crippen LogP contribution in [0.15, 0.2) is 53.8 Å². The Morgan fingerprint density at radius 2 is 1.76 bits per heavy atom. The maximum atomic E-state index is 5.97. The van der Waals surface area contributed by atoms with Crippen molar-refractivity contribution in [2.24, 2.45) is 11.7 Å². The van der Waals surface area contributed by atoms with Crippen LogP contribution in [0.3, 0.4) is 0 Å². The minimum atomic E-state index is 0.983. The fourth-order valence-corrected chi connectivity index (χ4v) is 2.81. The first kappa shape index (κ1) is 15.9. The average molecular weight is 283 g/mol. The van der Waals surface area contributed by atoms with Crippen LogP contribution in [0, 0.1) is 12.8 Å². The van der Waals surface area contributed by atoms with Gasteiger partial charge in [0.05, 0.1) is 0 Å². The van der Waals surface area contributed by atoms with E-state index in [0.29, 0.717) is 0 Å². The first-order chi connectivity index (χ1) is 10.3. The second-order valence-corrected chi connectivity index (χ2v) is 6.35. The van der Waals surface area contributed by atoms with Gasteiger partial charge in [0, 0.05) is 5.70 Å². The first-order valence-electron chi connectivity index (χ1n) is 8.41. The van der Waals surface area contributed by atoms with E-state index in [1.807, 2.05) is 18.2 Å². The van der Waals surface area contributed by atoms with E-state index < -0.39 is 0 Å². The molecule has 1 fully saturated rings. The van der Waals surface area contributed by atoms with Crippen LogP contribution in [0.5, 0.6) is 0 Å². The molecule has 1 aromatic carbocycles. The van der Waals surface area contributed by atoms with Gasteiger partial charge in [-0.25, -0.2) is 0 Å². The maximum absolute atomic E-state index is 5.97. The number of allylic oxidation sites excluding steroid dienone is 4. The molecule has 0 unspecified atom stereocenters. The largest absolute Gasteiger partial charge is 0.402 e. The smallest absolute Gasteiger partial charge is 0.0113 e. The standard InChI is InChI=1S/C13H21N.C7H8/c14-13-10-2-1-8-12(13)9-4-7-11-5-3-6-11;1-7-5-3-2-4-6-7/h4,9,11H,1-3,5-8,10,14H2;2-6H,1H3/b9-4-;. The van der Waals surface area contributed by atoms with Gasteiger partial charge in [-0.1, -0.05) is 67.3 Å². The molecule has 0 bridgehead atoms. The van der Waals surface area contributed by atoms with Gasteiger partial charge in [0.25, 0.3) is 0 Å². The van der Waals surface area contributed by atoms with Crippen molar-refractivity contribution in [1.82, 2.24) is 0 Å². The molecule has 1 nitrogen and oxygen atoms in total. The normalized spacial score (nSPS) is 19.1. The molecule has 114 valence electrons. The predicted octanol–water partition coefficient (Wildman–Crippen LogP) is 5.51. The molecule has 2 N–H and O–H groups in total. The molecule has 0 radical (unpaired) electrons. The van der Waals surface area contributed by atoms with E-state index >= 15 is 0 Å². The van der Waals surface area contributed by atoms with Crippen molar-refractivity contribution in [2.75, 3.05) is 0 Å². The molecule has 0 atom stereocenters. The highest BCUT2D eigenvalue weighted by Crippen LogP contribution is 2.30. The summed E-state index contributed by atoms with van der Waals surface area (Å²) < 4.78 is 0. The van der Waals surface area contributed by atoms with Crippen LogP contribution >= 0.6 is 0 Å². The number of rotatable bonds is 3. The van der Waals surface area contributed by atoms with Crippen molar-refractivity contribution in [1.29, 1.82) is 0 Å². The van der Waals surface area contributed by atoms with Crippen molar-refractivity contribution in [3.8, 4) is 0 Å². The molecule has 2 aliphatic rings. The summed E-state index contributed by atoms with van der Waals surface area (Å²) in [6.07, 6.45) is 15.2. The number of aryl methyl sites for hydroxylation is 1. The second-order valence-electron chi connectivity index (χ2n) is 6.35. The lowest BCUT2D eigenvalue weighted by molar-refractivity contribution is 0.319. The molecule has 0 amide bonds. The van der Waals surface area contributed by atoms with Crippen molar-refractivity contribution < 1.29 is 0 Å². The molecule has 1 saturated carbocycles. The zero-order chi connectivity index (χ0) is 14.9. The van der Waals surface area contributed by atoms with Crippen LogP contribution in [0.25, 0.3) is 0 Å². The van der Waals surface area contributed by atoms with Crippen LogP contribution in [0.2, 0.25) is 0 Å². The summed E-state index contributed by atoms with van der Waals surface area (Å²) in [5.74, 6) is 0.983. The van der Waals surface area contributed by atoms with Crippen LogP contribution in [0.4, 0.5) is 0 Å². The molecule has 1 aromatic rings. The molecule has 21 heavy (non-hydrogen) atoms. The SMILES string of the molecule is Cc1ccccc1.NC1=C(/C=C\CC2CCC2)CCCC1. The molecule has 2 aliphatic carbocycles. The first-order valence-corrected chi connectivity index (χ1v) is 8.41. The van der Waals surface area contributed by atoms with E-state index in [-0.39, 0.29) is 0 Å². The van der Waals surface area contributed by atoms with Gasteiger partial charge in [-0.05, 0) is 50.5 Å². The summed E-state index contributed by atoms with van der Waals surface area (Å²) in [5.41, 5.74) is 9.84. The molecule has 0 aromatic heterocycles. The van der Waals surface area contributed by atoms with Crippen LogP contribution in [-0.2, 0) is 0 Å². The van der Waals surface area contributed by atoms with Gasteiger partial charge in [0.2, 0.25) is 0 Å². The Morgan fingerprint density at radius 3 is 2.29 bits per heavy atom. The van der Waals surface area contributed by atoms with Gasteiger partial charge >= 0.3 is 0 Å². The van der Waals surface area contributed by atoms with Crippen LogP contribution < -0.4 is 5.73 Å². The lowest BCUT2D eigenvalue weighted by atomic mass is 9.83. The van der Waals surface area contributed by atoms with E-state index in [2.05, 4.69) is 31.2 Å². The Kier molecular flexibility index (Phi) is 6.59. The minimum Gasteiger partial charge on any atom is -0.402 e. The molecule has 0 saturated heterocycles. The zero-order valence-electron chi connectivity index (χ0n) is 13.4. The summed E-state index contributed by atoms with van der Waals surface area (Å²) in [6, 6.07) is 10.3. The number of benzene rings is 1. The van der Waals surface area contributed by atoms with Gasteiger partial charge in [0.1, 0.15) is 0 Å². The lowest BCUT2D eigenvalue weighted by Gasteiger charge is -2.23. The Morgan fingerprint density at radius 1 is 1.05 bits per heavy atom. The Balaban J connectivity index is 0.000000194. The third-order valence-corrected chi connectivity index (χ3v) is 4.51. The fourth-order valence-electron chi connectivity index (χ4n) is 2.81. The topological polar surface area (TPSA) is 26.0 Å². The summed E-state index contributed by atoms with van der Waals surface area (Å²) in [7, 11) is 0. The van der Waals surface area contributed by atoms with Crippen LogP contribution in [-0.4, -0.2) is 0 Å². The third-order valence-electron chi connectivity index (χ3n) is 4.51. The summed E-state index contributed by atoms with van der Waals surface area (Å²) >= 11 is 0. The number of hydrogen-bond acceptors (Lipinski definition) is 1. The van der Waals surface area contributed by atoms with Gasteiger partial charge in [-0.2, -0.15) is 0 Å². The highest BCUT2D eigenvalue weighted by atomic mass is 14.6. The lowest BCUT2D eigenvalue weighted by Crippen LogP contribution is -2.09. The summed E-state index contributed by atoms with van der Waals surface area (Å²) in [6.45, 7) is 2.08. The summed E-state index contributed by atoms with van der Waals surface area (Å²) in [5, 5.41) is 0. The number of nitrogens with two attached hydrogens (primary N) is 1. The predicted molar refractivity (Wildman–Crippen MR) is 92.0 cm³/mol. The van der Waals surface area contributed by atoms with Gasteiger partial charge in [-0.15, -0.1) is 0 Å². The molecular weight excluding hydrogens is 254 g/mol. The Hall–Kier alpha value is -1.50. The van der Waals surface area contributed by atoms with Crippen LogP contribution in [0.1, 0.15) is 56.9 Å². The fraction of sp³-hybridized carbons (Fsp3) is 0.500. The minimum absolute atomic E-state index is 0.983. The van der Waals surface area contributed by atoms with Crippen molar-refractivity contribution in [2.45, 2.75) is 58.3 Å². The molecule has 0 heterocycles. The third kappa shape index (κ3) is 5.79. The van der Waals surface area contributed by atoms with Gasteiger partial charge in [0.15, 0.2) is 0 Å². The molecule has 1 heteroatoms. The second kappa shape index (κ2) is 8.71. The highest BCUT2D eigenvalue weighted by molar-refractivity contribution is 5.25. The highest BCUT2D eigenvalue weighted by Gasteiger charge is 2.15. The quantitative estimate of drug-likeness (QED) is 0.777. The van der Waals surface area contributed by atoms with Crippen molar-refractivity contribution in [3.05, 3.63) is 59.3 Å². The van der Waals surface area contributed by atoms with Crippen molar-refractivity contribution >= 4 is 0 Å². The molecule has 0 spiro atoms. The average Bonchev–Trinajstić information content (AvgIpc) is 2.45. The zero-order valence-corrected chi connectivity index (χ0v) is 13.4. The number of hydrogen-bond donors (Lipinski definition) is 1. The monoisotopic (exact) mass is 283 g/mol. The maximum Gasteiger partial charge on any atom is 0.0113 e. The molecular formula is C20H29N. The van der Waals surface area contributed by atoms with Crippen molar-refractivity contribution in [3.63, 3.8) is 0 Å². The van der Waals surface area contributed by atoms with E-state index in [4.69, 9.17) is 5.73 Å². The van der Waals surface area contributed by atoms with Gasteiger partial charge < -0.3 is 5.73 Å².